The van der Waals surface area contributed by atoms with Crippen LogP contribution in [0.4, 0.5) is 18.9 Å². The molecule has 0 spiro atoms. The minimum absolute atomic E-state index is 0.0207. The van der Waals surface area contributed by atoms with Crippen LogP contribution in [0.5, 0.6) is 17.2 Å². The molecule has 0 saturated carbocycles. The Morgan fingerprint density at radius 3 is 2.40 bits per heavy atom. The van der Waals surface area contributed by atoms with Gasteiger partial charge in [-0.25, -0.2) is 0 Å². The van der Waals surface area contributed by atoms with Gasteiger partial charge in [0, 0.05) is 6.54 Å². The minimum atomic E-state index is -4.50. The Bertz CT molecular complexity index is 710. The van der Waals surface area contributed by atoms with E-state index < -0.39 is 17.8 Å². The number of anilines is 1. The fourth-order valence-electron chi connectivity index (χ4n) is 2.04. The van der Waals surface area contributed by atoms with Crippen molar-refractivity contribution in [2.75, 3.05) is 24.9 Å². The number of aliphatic hydroxyl groups is 1. The van der Waals surface area contributed by atoms with Gasteiger partial charge in [0.1, 0.15) is 0 Å². The van der Waals surface area contributed by atoms with Crippen molar-refractivity contribution in [1.82, 2.24) is 0 Å². The molecule has 0 bridgehead atoms. The third kappa shape index (κ3) is 5.17. The smallest absolute Gasteiger partial charge is 0.416 e. The minimum Gasteiger partial charge on any atom is -0.493 e. The molecule has 0 saturated heterocycles. The van der Waals surface area contributed by atoms with Gasteiger partial charge in [0.15, 0.2) is 17.2 Å². The highest BCUT2D eigenvalue weighted by Crippen LogP contribution is 2.38. The molecule has 0 aromatic heterocycles. The molecule has 1 atom stereocenters. The zero-order valence-corrected chi connectivity index (χ0v) is 14.1. The summed E-state index contributed by atoms with van der Waals surface area (Å²) in [5, 5.41) is 12.3. The maximum atomic E-state index is 13.0. The van der Waals surface area contributed by atoms with Crippen LogP contribution in [-0.4, -0.2) is 30.7 Å². The fraction of sp³-hybridized carbons (Fsp3) is 0.294. The molecule has 8 heteroatoms. The van der Waals surface area contributed by atoms with Crippen LogP contribution >= 0.6 is 11.6 Å². The third-order valence-electron chi connectivity index (χ3n) is 3.30. The normalized spacial score (nSPS) is 12.6. The zero-order valence-electron chi connectivity index (χ0n) is 13.3. The highest BCUT2D eigenvalue weighted by Gasteiger charge is 2.31. The molecule has 1 unspecified atom stereocenters. The van der Waals surface area contributed by atoms with E-state index in [1.165, 1.54) is 13.2 Å². The molecule has 25 heavy (non-hydrogen) atoms. The van der Waals surface area contributed by atoms with Gasteiger partial charge in [-0.2, -0.15) is 13.2 Å². The number of halogens is 4. The van der Waals surface area contributed by atoms with Gasteiger partial charge in [-0.1, -0.05) is 12.1 Å². The third-order valence-corrected chi connectivity index (χ3v) is 3.66. The molecule has 4 nitrogen and oxygen atoms in total. The van der Waals surface area contributed by atoms with Crippen molar-refractivity contribution in [2.24, 2.45) is 0 Å². The quantitative estimate of drug-likeness (QED) is 0.699. The second-order valence-electron chi connectivity index (χ2n) is 5.15. The lowest BCUT2D eigenvalue weighted by molar-refractivity contribution is -0.137. The lowest BCUT2D eigenvalue weighted by Gasteiger charge is -2.18. The second kappa shape index (κ2) is 8.31. The molecule has 2 N–H and O–H groups in total. The molecule has 0 fully saturated rings. The van der Waals surface area contributed by atoms with E-state index in [1.807, 2.05) is 0 Å². The van der Waals surface area contributed by atoms with Crippen LogP contribution in [0, 0.1) is 0 Å². The summed E-state index contributed by atoms with van der Waals surface area (Å²) in [5.74, 6) is 0.911. The van der Waals surface area contributed by atoms with Gasteiger partial charge in [-0.05, 0) is 30.3 Å². The number of alkyl halides is 4. The maximum absolute atomic E-state index is 13.0. The Balaban J connectivity index is 2.34. The van der Waals surface area contributed by atoms with Crippen molar-refractivity contribution in [3.05, 3.63) is 48.0 Å². The standard InChI is InChI=1S/C17H17ClF3NO3/c1-24-15-4-2-3-5-16(15)25-14-7-6-11(17(19,20)21)8-13(14)22-10-12(23)9-18/h2-8,12,22-23H,9-10H2,1H3. The molecule has 2 aromatic rings. The largest absolute Gasteiger partial charge is 0.493 e. The van der Waals surface area contributed by atoms with Crippen molar-refractivity contribution < 1.29 is 27.8 Å². The van der Waals surface area contributed by atoms with Gasteiger partial charge in [0.05, 0.1) is 30.3 Å². The summed E-state index contributed by atoms with van der Waals surface area (Å²) in [6.07, 6.45) is -5.40. The number of para-hydroxylation sites is 2. The summed E-state index contributed by atoms with van der Waals surface area (Å²) in [6.45, 7) is -0.0207. The van der Waals surface area contributed by atoms with Crippen molar-refractivity contribution in [3.63, 3.8) is 0 Å². The van der Waals surface area contributed by atoms with E-state index in [-0.39, 0.29) is 23.9 Å². The number of benzene rings is 2. The number of rotatable bonds is 7. The number of methoxy groups -OCH3 is 1. The Morgan fingerprint density at radius 1 is 1.12 bits per heavy atom. The van der Waals surface area contributed by atoms with Gasteiger partial charge < -0.3 is 19.9 Å². The van der Waals surface area contributed by atoms with E-state index in [2.05, 4.69) is 5.32 Å². The Kier molecular flexibility index (Phi) is 6.39. The summed E-state index contributed by atoms with van der Waals surface area (Å²) in [4.78, 5) is 0. The number of aliphatic hydroxyl groups excluding tert-OH is 1. The van der Waals surface area contributed by atoms with Gasteiger partial charge in [-0.3, -0.25) is 0 Å². The van der Waals surface area contributed by atoms with Gasteiger partial charge in [-0.15, -0.1) is 11.6 Å². The molecule has 0 aliphatic carbocycles. The van der Waals surface area contributed by atoms with E-state index in [0.717, 1.165) is 12.1 Å². The zero-order chi connectivity index (χ0) is 18.4. The first kappa shape index (κ1) is 19.2. The topological polar surface area (TPSA) is 50.7 Å². The van der Waals surface area contributed by atoms with Crippen LogP contribution in [0.2, 0.25) is 0 Å². The molecule has 0 amide bonds. The predicted molar refractivity (Wildman–Crippen MR) is 89.7 cm³/mol. The monoisotopic (exact) mass is 375 g/mol. The van der Waals surface area contributed by atoms with E-state index in [9.17, 15) is 18.3 Å². The van der Waals surface area contributed by atoms with Gasteiger partial charge >= 0.3 is 6.18 Å². The molecule has 0 heterocycles. The second-order valence-corrected chi connectivity index (χ2v) is 5.46. The lowest BCUT2D eigenvalue weighted by Crippen LogP contribution is -2.21. The molecule has 0 aliphatic rings. The summed E-state index contributed by atoms with van der Waals surface area (Å²) >= 11 is 5.51. The number of nitrogens with one attached hydrogen (secondary N) is 1. The van der Waals surface area contributed by atoms with E-state index >= 15 is 0 Å². The molecular formula is C17H17ClF3NO3. The van der Waals surface area contributed by atoms with Crippen LogP contribution < -0.4 is 14.8 Å². The molecule has 2 rings (SSSR count). The van der Waals surface area contributed by atoms with Crippen molar-refractivity contribution >= 4 is 17.3 Å². The molecule has 2 aromatic carbocycles. The van der Waals surface area contributed by atoms with Crippen molar-refractivity contribution in [3.8, 4) is 17.2 Å². The van der Waals surface area contributed by atoms with E-state index in [0.29, 0.717) is 11.5 Å². The first-order chi connectivity index (χ1) is 11.8. The number of hydrogen-bond donors (Lipinski definition) is 2. The van der Waals surface area contributed by atoms with Crippen LogP contribution in [0.3, 0.4) is 0 Å². The highest BCUT2D eigenvalue weighted by atomic mass is 35.5. The van der Waals surface area contributed by atoms with Crippen LogP contribution in [0.25, 0.3) is 0 Å². The summed E-state index contributed by atoms with van der Waals surface area (Å²) in [7, 11) is 1.46. The first-order valence-electron chi connectivity index (χ1n) is 7.35. The predicted octanol–water partition coefficient (Wildman–Crippen LogP) is 4.52. The van der Waals surface area contributed by atoms with Gasteiger partial charge in [0.25, 0.3) is 0 Å². The SMILES string of the molecule is COc1ccccc1Oc1ccc(C(F)(F)F)cc1NCC(O)CCl. The molecular weight excluding hydrogens is 359 g/mol. The van der Waals surface area contributed by atoms with Crippen LogP contribution in [0.1, 0.15) is 5.56 Å². The molecule has 0 radical (unpaired) electrons. The maximum Gasteiger partial charge on any atom is 0.416 e. The van der Waals surface area contributed by atoms with Crippen molar-refractivity contribution in [1.29, 1.82) is 0 Å². The van der Waals surface area contributed by atoms with Crippen LogP contribution in [-0.2, 0) is 6.18 Å². The summed E-state index contributed by atoms with van der Waals surface area (Å²) < 4.78 is 49.7. The highest BCUT2D eigenvalue weighted by molar-refractivity contribution is 6.18. The van der Waals surface area contributed by atoms with Crippen LogP contribution in [0.15, 0.2) is 42.5 Å². The average Bonchev–Trinajstić information content (AvgIpc) is 2.60. The van der Waals surface area contributed by atoms with E-state index in [4.69, 9.17) is 21.1 Å². The molecule has 0 aliphatic heterocycles. The number of ether oxygens (including phenoxy) is 2. The van der Waals surface area contributed by atoms with Gasteiger partial charge in [0.2, 0.25) is 0 Å². The van der Waals surface area contributed by atoms with Crippen molar-refractivity contribution in [2.45, 2.75) is 12.3 Å². The average molecular weight is 376 g/mol. The summed E-state index contributed by atoms with van der Waals surface area (Å²) in [6, 6.07) is 9.82. The fourth-order valence-corrected chi connectivity index (χ4v) is 2.15. The molecule has 136 valence electrons. The number of hydrogen-bond acceptors (Lipinski definition) is 4. The summed E-state index contributed by atoms with van der Waals surface area (Å²) in [5.41, 5.74) is -0.743. The Morgan fingerprint density at radius 2 is 1.80 bits per heavy atom. The van der Waals surface area contributed by atoms with E-state index in [1.54, 1.807) is 24.3 Å². The Labute approximate surface area is 148 Å². The Hall–Kier alpha value is -2.12. The lowest BCUT2D eigenvalue weighted by atomic mass is 10.1. The first-order valence-corrected chi connectivity index (χ1v) is 7.88.